The molecule has 0 atom stereocenters. The molecular weight excluding hydrogens is 374 g/mol. The summed E-state index contributed by atoms with van der Waals surface area (Å²) in [6.07, 6.45) is 1.10. The number of hydrogen-bond acceptors (Lipinski definition) is 0. The third-order valence-electron chi connectivity index (χ3n) is 6.00. The van der Waals surface area contributed by atoms with Gasteiger partial charge in [-0.25, -0.2) is 0 Å². The van der Waals surface area contributed by atoms with E-state index in [-0.39, 0.29) is 0 Å². The van der Waals surface area contributed by atoms with E-state index in [9.17, 15) is 0 Å². The predicted molar refractivity (Wildman–Crippen MR) is 134 cm³/mol. The average Bonchev–Trinajstić information content (AvgIpc) is 3.08. The summed E-state index contributed by atoms with van der Waals surface area (Å²) in [5, 5.41) is 2.65. The van der Waals surface area contributed by atoms with Gasteiger partial charge in [0.2, 0.25) is 0 Å². The van der Waals surface area contributed by atoms with Crippen LogP contribution in [0.1, 0.15) is 31.9 Å². The summed E-state index contributed by atoms with van der Waals surface area (Å²) in [6, 6.07) is 35.5. The number of hydrogen-bond donors (Lipinski definition) is 0. The molecule has 0 N–H and O–H groups in total. The quantitative estimate of drug-likeness (QED) is 0.286. The van der Waals surface area contributed by atoms with Gasteiger partial charge in [0.1, 0.15) is 0 Å². The van der Waals surface area contributed by atoms with Crippen LogP contribution in [0.3, 0.4) is 0 Å². The van der Waals surface area contributed by atoms with Crippen LogP contribution in [-0.4, -0.2) is 4.57 Å². The first-order valence-electron chi connectivity index (χ1n) is 11.1. The lowest BCUT2D eigenvalue weighted by molar-refractivity contribution is 0.411. The summed E-state index contributed by atoms with van der Waals surface area (Å²) in [5.41, 5.74) is 8.17. The molecule has 1 aromatic heterocycles. The molecule has 1 heteroatoms. The smallest absolute Gasteiger partial charge is 0.0494 e. The van der Waals surface area contributed by atoms with Gasteiger partial charge >= 0.3 is 0 Å². The first-order chi connectivity index (χ1) is 15.0. The molecule has 0 unspecified atom stereocenters. The van der Waals surface area contributed by atoms with E-state index in [2.05, 4.69) is 122 Å². The third-order valence-corrected chi connectivity index (χ3v) is 6.00. The number of benzene rings is 4. The Morgan fingerprint density at radius 3 is 1.48 bits per heavy atom. The lowest BCUT2D eigenvalue weighted by Crippen LogP contribution is -2.08. The van der Waals surface area contributed by atoms with E-state index >= 15 is 0 Å². The SMILES string of the molecule is CC(C)(C)Cc1ccc(-c2ccc(Cn3c4ccccc4c4ccccc43)cc2)cc1. The maximum atomic E-state index is 2.43. The predicted octanol–water partition coefficient (Wildman–Crippen LogP) is 8.10. The number of rotatable bonds is 4. The van der Waals surface area contributed by atoms with Crippen LogP contribution in [-0.2, 0) is 13.0 Å². The van der Waals surface area contributed by atoms with Crippen LogP contribution >= 0.6 is 0 Å². The van der Waals surface area contributed by atoms with Crippen LogP contribution in [0.5, 0.6) is 0 Å². The maximum Gasteiger partial charge on any atom is 0.0494 e. The molecule has 0 saturated carbocycles. The molecule has 5 rings (SSSR count). The van der Waals surface area contributed by atoms with Crippen molar-refractivity contribution in [1.82, 2.24) is 4.57 Å². The van der Waals surface area contributed by atoms with E-state index in [1.807, 2.05) is 0 Å². The van der Waals surface area contributed by atoms with Gasteiger partial charge in [-0.15, -0.1) is 0 Å². The minimum absolute atomic E-state index is 0.315. The maximum absolute atomic E-state index is 2.43. The first kappa shape index (κ1) is 19.6. The lowest BCUT2D eigenvalue weighted by atomic mass is 9.87. The summed E-state index contributed by atoms with van der Waals surface area (Å²) in [7, 11) is 0. The zero-order chi connectivity index (χ0) is 21.4. The molecule has 0 radical (unpaired) electrons. The molecule has 4 aromatic carbocycles. The fraction of sp³-hybridized carbons (Fsp3) is 0.200. The molecule has 31 heavy (non-hydrogen) atoms. The fourth-order valence-electron chi connectivity index (χ4n) is 4.59. The zero-order valence-electron chi connectivity index (χ0n) is 18.6. The highest BCUT2D eigenvalue weighted by Crippen LogP contribution is 2.30. The Bertz CT molecular complexity index is 1280. The summed E-state index contributed by atoms with van der Waals surface area (Å²) in [5.74, 6) is 0. The number of aromatic nitrogens is 1. The molecule has 154 valence electrons. The second-order valence-corrected chi connectivity index (χ2v) is 9.75. The van der Waals surface area contributed by atoms with Gasteiger partial charge < -0.3 is 4.57 Å². The van der Waals surface area contributed by atoms with Crippen molar-refractivity contribution >= 4 is 21.8 Å². The first-order valence-corrected chi connectivity index (χ1v) is 11.1. The van der Waals surface area contributed by atoms with Crippen molar-refractivity contribution in [2.45, 2.75) is 33.7 Å². The van der Waals surface area contributed by atoms with E-state index in [4.69, 9.17) is 0 Å². The highest BCUT2D eigenvalue weighted by atomic mass is 15.0. The summed E-state index contributed by atoms with van der Waals surface area (Å²) in [6.45, 7) is 7.74. The zero-order valence-corrected chi connectivity index (χ0v) is 18.6. The molecule has 0 saturated heterocycles. The molecule has 0 amide bonds. The number of para-hydroxylation sites is 2. The normalized spacial score (nSPS) is 12.0. The van der Waals surface area contributed by atoms with Crippen LogP contribution in [0.25, 0.3) is 32.9 Å². The molecule has 0 fully saturated rings. The van der Waals surface area contributed by atoms with Crippen LogP contribution < -0.4 is 0 Å². The largest absolute Gasteiger partial charge is 0.336 e. The molecule has 1 nitrogen and oxygen atoms in total. The molecule has 0 aliphatic carbocycles. The van der Waals surface area contributed by atoms with Gasteiger partial charge in [0.25, 0.3) is 0 Å². The van der Waals surface area contributed by atoms with Crippen LogP contribution in [0.4, 0.5) is 0 Å². The Balaban J connectivity index is 1.42. The molecular formula is C30H29N. The minimum Gasteiger partial charge on any atom is -0.336 e. The Hall–Kier alpha value is -3.32. The van der Waals surface area contributed by atoms with Gasteiger partial charge in [-0.3, -0.25) is 0 Å². The van der Waals surface area contributed by atoms with E-state index < -0.39 is 0 Å². The van der Waals surface area contributed by atoms with Gasteiger partial charge in [0.05, 0.1) is 0 Å². The Morgan fingerprint density at radius 1 is 0.548 bits per heavy atom. The van der Waals surface area contributed by atoms with Crippen LogP contribution in [0.15, 0.2) is 97.1 Å². The fourth-order valence-corrected chi connectivity index (χ4v) is 4.59. The van der Waals surface area contributed by atoms with E-state index in [0.717, 1.165) is 13.0 Å². The topological polar surface area (TPSA) is 4.93 Å². The van der Waals surface area contributed by atoms with Gasteiger partial charge in [-0.05, 0) is 46.2 Å². The molecule has 0 aliphatic heterocycles. The molecule has 1 heterocycles. The Labute approximate surface area is 185 Å². The van der Waals surface area contributed by atoms with Crippen molar-refractivity contribution < 1.29 is 0 Å². The Kier molecular flexibility index (Phi) is 4.90. The van der Waals surface area contributed by atoms with Gasteiger partial charge in [-0.2, -0.15) is 0 Å². The number of fused-ring (bicyclic) bond motifs is 3. The highest BCUT2D eigenvalue weighted by molar-refractivity contribution is 6.08. The average molecular weight is 404 g/mol. The lowest BCUT2D eigenvalue weighted by Gasteiger charge is -2.18. The van der Waals surface area contributed by atoms with E-state index in [0.29, 0.717) is 5.41 Å². The summed E-state index contributed by atoms with van der Waals surface area (Å²) in [4.78, 5) is 0. The minimum atomic E-state index is 0.315. The molecule has 0 bridgehead atoms. The number of nitrogens with zero attached hydrogens (tertiary/aromatic N) is 1. The third kappa shape index (κ3) is 4.01. The van der Waals surface area contributed by atoms with Gasteiger partial charge in [0, 0.05) is 28.4 Å². The van der Waals surface area contributed by atoms with Crippen LogP contribution in [0.2, 0.25) is 0 Å². The highest BCUT2D eigenvalue weighted by Gasteiger charge is 2.12. The van der Waals surface area contributed by atoms with Crippen molar-refractivity contribution in [3.05, 3.63) is 108 Å². The summed E-state index contributed by atoms with van der Waals surface area (Å²) >= 11 is 0. The van der Waals surface area contributed by atoms with Crippen molar-refractivity contribution in [3.63, 3.8) is 0 Å². The van der Waals surface area contributed by atoms with Crippen molar-refractivity contribution in [2.75, 3.05) is 0 Å². The molecule has 0 spiro atoms. The second kappa shape index (κ2) is 7.74. The standard InChI is InChI=1S/C30H29N/c1-30(2,3)20-22-12-16-24(17-13-22)25-18-14-23(15-19-25)21-31-28-10-6-4-8-26(28)27-9-5-7-11-29(27)31/h4-19H,20-21H2,1-3H3. The molecule has 0 aliphatic rings. The summed E-state index contributed by atoms with van der Waals surface area (Å²) < 4.78 is 2.43. The second-order valence-electron chi connectivity index (χ2n) is 9.75. The van der Waals surface area contributed by atoms with Crippen LogP contribution in [0, 0.1) is 5.41 Å². The van der Waals surface area contributed by atoms with E-state index in [1.165, 1.54) is 44.1 Å². The van der Waals surface area contributed by atoms with Crippen molar-refractivity contribution in [2.24, 2.45) is 5.41 Å². The van der Waals surface area contributed by atoms with Gasteiger partial charge in [0.15, 0.2) is 0 Å². The van der Waals surface area contributed by atoms with Crippen molar-refractivity contribution in [3.8, 4) is 11.1 Å². The van der Waals surface area contributed by atoms with Crippen molar-refractivity contribution in [1.29, 1.82) is 0 Å². The molecule has 5 aromatic rings. The Morgan fingerprint density at radius 2 is 1.00 bits per heavy atom. The van der Waals surface area contributed by atoms with E-state index in [1.54, 1.807) is 0 Å². The van der Waals surface area contributed by atoms with Gasteiger partial charge in [-0.1, -0.05) is 106 Å². The monoisotopic (exact) mass is 403 g/mol.